The van der Waals surface area contributed by atoms with E-state index in [0.29, 0.717) is 0 Å². The molecule has 1 N–H and O–H groups in total. The van der Waals surface area contributed by atoms with Crippen LogP contribution < -0.4 is 5.32 Å². The second kappa shape index (κ2) is 9.71. The molecule has 0 saturated carbocycles. The van der Waals surface area contributed by atoms with Gasteiger partial charge in [-0.2, -0.15) is 0 Å². The average Bonchev–Trinajstić information content (AvgIpc) is 2.17. The number of ether oxygens (including phenoxy) is 1. The molecule has 0 heterocycles. The zero-order chi connectivity index (χ0) is 9.94. The Hall–Kier alpha value is -0.380. The molecular formula is C10H16BrNO. The number of benzene rings is 1. The van der Waals surface area contributed by atoms with E-state index in [1.807, 2.05) is 37.4 Å². The van der Waals surface area contributed by atoms with Crippen LogP contribution in [-0.4, -0.2) is 27.3 Å². The maximum Gasteiger partial charge on any atom is 0.0587 e. The van der Waals surface area contributed by atoms with Crippen LogP contribution in [0.3, 0.4) is 0 Å². The first-order valence-electron chi connectivity index (χ1n) is 4.15. The Morgan fingerprint density at radius 1 is 1.31 bits per heavy atom. The van der Waals surface area contributed by atoms with Crippen LogP contribution in [0.1, 0.15) is 0 Å². The van der Waals surface area contributed by atoms with Crippen molar-refractivity contribution in [3.05, 3.63) is 34.8 Å². The quantitative estimate of drug-likeness (QED) is 0.826. The summed E-state index contributed by atoms with van der Waals surface area (Å²) in [5, 5.41) is 2.94. The maximum atomic E-state index is 4.72. The molecule has 0 aliphatic carbocycles. The first kappa shape index (κ1) is 12.6. The topological polar surface area (TPSA) is 21.3 Å². The smallest absolute Gasteiger partial charge is 0.0587 e. The summed E-state index contributed by atoms with van der Waals surface area (Å²) in [6.45, 7) is 1.74. The molecular weight excluding hydrogens is 230 g/mol. The van der Waals surface area contributed by atoms with Crippen LogP contribution in [0, 0.1) is 0 Å². The van der Waals surface area contributed by atoms with Crippen LogP contribution in [0.4, 0.5) is 0 Å². The molecule has 0 saturated heterocycles. The minimum absolute atomic E-state index is 0.802. The van der Waals surface area contributed by atoms with Crippen molar-refractivity contribution >= 4 is 15.9 Å². The van der Waals surface area contributed by atoms with Gasteiger partial charge in [0.1, 0.15) is 0 Å². The molecule has 0 amide bonds. The van der Waals surface area contributed by atoms with E-state index in [9.17, 15) is 0 Å². The van der Waals surface area contributed by atoms with Crippen molar-refractivity contribution in [1.29, 1.82) is 0 Å². The van der Waals surface area contributed by atoms with Crippen molar-refractivity contribution in [3.8, 4) is 0 Å². The fourth-order valence-electron chi connectivity index (χ4n) is 0.619. The molecule has 1 aromatic carbocycles. The summed E-state index contributed by atoms with van der Waals surface area (Å²) in [5.41, 5.74) is 0. The Labute approximate surface area is 88.4 Å². The zero-order valence-electron chi connectivity index (χ0n) is 8.09. The average molecular weight is 246 g/mol. The molecule has 0 spiro atoms. The molecule has 2 nitrogen and oxygen atoms in total. The maximum absolute atomic E-state index is 4.72. The third-order valence-electron chi connectivity index (χ3n) is 1.29. The summed E-state index contributed by atoms with van der Waals surface area (Å²) in [5.74, 6) is 0. The van der Waals surface area contributed by atoms with E-state index in [0.717, 1.165) is 17.6 Å². The van der Waals surface area contributed by atoms with Crippen LogP contribution in [0.15, 0.2) is 34.8 Å². The van der Waals surface area contributed by atoms with E-state index in [1.54, 1.807) is 7.11 Å². The number of hydrogen-bond acceptors (Lipinski definition) is 2. The molecule has 0 radical (unpaired) electrons. The van der Waals surface area contributed by atoms with Crippen molar-refractivity contribution in [2.45, 2.75) is 0 Å². The van der Waals surface area contributed by atoms with E-state index in [2.05, 4.69) is 21.2 Å². The summed E-state index contributed by atoms with van der Waals surface area (Å²) in [4.78, 5) is 0. The molecule has 0 atom stereocenters. The standard InChI is InChI=1S/C6H5Br.C4H11NO/c7-6-4-2-1-3-5-6;1-5-3-4-6-2/h1-5H;5H,3-4H2,1-2H3. The molecule has 0 fully saturated rings. The van der Waals surface area contributed by atoms with Gasteiger partial charge in [-0.1, -0.05) is 34.1 Å². The monoisotopic (exact) mass is 245 g/mol. The first-order valence-corrected chi connectivity index (χ1v) is 4.94. The van der Waals surface area contributed by atoms with Gasteiger partial charge in [0.25, 0.3) is 0 Å². The van der Waals surface area contributed by atoms with E-state index in [-0.39, 0.29) is 0 Å². The normalized spacial score (nSPS) is 8.85. The number of methoxy groups -OCH3 is 1. The highest BCUT2D eigenvalue weighted by Gasteiger charge is 1.74. The lowest BCUT2D eigenvalue weighted by atomic mass is 10.4. The molecule has 3 heteroatoms. The van der Waals surface area contributed by atoms with Crippen molar-refractivity contribution in [2.24, 2.45) is 0 Å². The zero-order valence-corrected chi connectivity index (χ0v) is 9.67. The molecule has 0 bridgehead atoms. The number of nitrogens with one attached hydrogen (secondary N) is 1. The Morgan fingerprint density at radius 3 is 2.15 bits per heavy atom. The highest BCUT2D eigenvalue weighted by atomic mass is 79.9. The molecule has 74 valence electrons. The fourth-order valence-corrected chi connectivity index (χ4v) is 0.924. The predicted octanol–water partition coefficient (Wildman–Crippen LogP) is 2.30. The highest BCUT2D eigenvalue weighted by Crippen LogP contribution is 2.05. The van der Waals surface area contributed by atoms with Crippen molar-refractivity contribution < 1.29 is 4.74 Å². The van der Waals surface area contributed by atoms with Crippen LogP contribution in [0.5, 0.6) is 0 Å². The Balaban J connectivity index is 0.000000226. The van der Waals surface area contributed by atoms with Crippen molar-refractivity contribution in [1.82, 2.24) is 5.32 Å². The van der Waals surface area contributed by atoms with Crippen LogP contribution >= 0.6 is 15.9 Å². The number of likely N-dealkylation sites (N-methyl/N-ethyl adjacent to an activating group) is 1. The van der Waals surface area contributed by atoms with Gasteiger partial charge in [-0.25, -0.2) is 0 Å². The fraction of sp³-hybridized carbons (Fsp3) is 0.400. The predicted molar refractivity (Wildman–Crippen MR) is 59.9 cm³/mol. The van der Waals surface area contributed by atoms with Crippen molar-refractivity contribution in [3.63, 3.8) is 0 Å². The summed E-state index contributed by atoms with van der Waals surface area (Å²) in [6.07, 6.45) is 0. The third kappa shape index (κ3) is 9.53. The second-order valence-corrected chi connectivity index (χ2v) is 3.31. The number of rotatable bonds is 3. The van der Waals surface area contributed by atoms with Crippen LogP contribution in [-0.2, 0) is 4.74 Å². The molecule has 1 rings (SSSR count). The van der Waals surface area contributed by atoms with Gasteiger partial charge < -0.3 is 10.1 Å². The lowest BCUT2D eigenvalue weighted by Crippen LogP contribution is -2.12. The molecule has 0 aliphatic heterocycles. The SMILES string of the molecule is Brc1ccccc1.CNCCOC. The van der Waals surface area contributed by atoms with E-state index >= 15 is 0 Å². The number of hydrogen-bond donors (Lipinski definition) is 1. The van der Waals surface area contributed by atoms with E-state index < -0.39 is 0 Å². The van der Waals surface area contributed by atoms with Crippen LogP contribution in [0.2, 0.25) is 0 Å². The van der Waals surface area contributed by atoms with Gasteiger partial charge in [0.15, 0.2) is 0 Å². The largest absolute Gasteiger partial charge is 0.383 e. The molecule has 0 aliphatic rings. The Bertz CT molecular complexity index is 187. The van der Waals surface area contributed by atoms with Gasteiger partial charge in [-0.05, 0) is 19.2 Å². The Kier molecular flexibility index (Phi) is 9.42. The van der Waals surface area contributed by atoms with Gasteiger partial charge >= 0.3 is 0 Å². The summed E-state index contributed by atoms with van der Waals surface area (Å²) in [6, 6.07) is 9.97. The lowest BCUT2D eigenvalue weighted by molar-refractivity contribution is 0.201. The van der Waals surface area contributed by atoms with Gasteiger partial charge in [0.2, 0.25) is 0 Å². The Morgan fingerprint density at radius 2 is 1.92 bits per heavy atom. The molecule has 1 aromatic rings. The summed E-state index contributed by atoms with van der Waals surface area (Å²) in [7, 11) is 3.59. The minimum atomic E-state index is 0.802. The first-order chi connectivity index (χ1) is 6.31. The van der Waals surface area contributed by atoms with E-state index in [1.165, 1.54) is 0 Å². The van der Waals surface area contributed by atoms with Crippen molar-refractivity contribution in [2.75, 3.05) is 27.3 Å². The molecule has 13 heavy (non-hydrogen) atoms. The highest BCUT2D eigenvalue weighted by molar-refractivity contribution is 9.10. The summed E-state index contributed by atoms with van der Waals surface area (Å²) >= 11 is 3.31. The van der Waals surface area contributed by atoms with E-state index in [4.69, 9.17) is 4.74 Å². The van der Waals surface area contributed by atoms with Gasteiger partial charge in [0.05, 0.1) is 6.61 Å². The second-order valence-electron chi connectivity index (χ2n) is 2.39. The van der Waals surface area contributed by atoms with Gasteiger partial charge in [0, 0.05) is 18.1 Å². The number of halogens is 1. The molecule has 0 aromatic heterocycles. The third-order valence-corrected chi connectivity index (χ3v) is 1.82. The minimum Gasteiger partial charge on any atom is -0.383 e. The van der Waals surface area contributed by atoms with Gasteiger partial charge in [-0.3, -0.25) is 0 Å². The van der Waals surface area contributed by atoms with Crippen LogP contribution in [0.25, 0.3) is 0 Å². The lowest BCUT2D eigenvalue weighted by Gasteiger charge is -1.92. The molecule has 0 unspecified atom stereocenters. The van der Waals surface area contributed by atoms with Gasteiger partial charge in [-0.15, -0.1) is 0 Å². The summed E-state index contributed by atoms with van der Waals surface area (Å²) < 4.78 is 5.85.